The van der Waals surface area contributed by atoms with Crippen LogP contribution in [0.15, 0.2) is 54.6 Å². The molecule has 2 aromatic rings. The summed E-state index contributed by atoms with van der Waals surface area (Å²) in [6, 6.07) is 17.7. The zero-order valence-corrected chi connectivity index (χ0v) is 13.3. The van der Waals surface area contributed by atoms with Gasteiger partial charge in [0.05, 0.1) is 0 Å². The first kappa shape index (κ1) is 15.7. The van der Waals surface area contributed by atoms with Crippen molar-refractivity contribution in [1.29, 1.82) is 0 Å². The fourth-order valence-electron chi connectivity index (χ4n) is 1.99. The number of hydrogen-bond donors (Lipinski definition) is 1. The quantitative estimate of drug-likeness (QED) is 0.923. The smallest absolute Gasteiger partial charge is 0.195 e. The lowest BCUT2D eigenvalue weighted by atomic mass is 10.0. The third kappa shape index (κ3) is 3.91. The van der Waals surface area contributed by atoms with Gasteiger partial charge in [-0.25, -0.2) is 0 Å². The van der Waals surface area contributed by atoms with Crippen molar-refractivity contribution >= 4 is 10.2 Å². The summed E-state index contributed by atoms with van der Waals surface area (Å²) >= 11 is 0. The summed E-state index contributed by atoms with van der Waals surface area (Å²) in [5, 5.41) is 0. The Kier molecular flexibility index (Phi) is 4.77. The van der Waals surface area contributed by atoms with E-state index in [1.54, 1.807) is 0 Å². The molecule has 0 spiro atoms. The summed E-state index contributed by atoms with van der Waals surface area (Å²) in [5.41, 5.74) is 3.19. The van der Waals surface area contributed by atoms with Gasteiger partial charge in [-0.3, -0.25) is 0 Å². The minimum absolute atomic E-state index is 0.276. The van der Waals surface area contributed by atoms with Crippen LogP contribution in [-0.2, 0) is 10.2 Å². The van der Waals surface area contributed by atoms with Crippen LogP contribution >= 0.6 is 0 Å². The van der Waals surface area contributed by atoms with Gasteiger partial charge in [0.15, 0.2) is 0 Å². The molecule has 0 bridgehead atoms. The molecule has 112 valence electrons. The van der Waals surface area contributed by atoms with Crippen molar-refractivity contribution in [2.45, 2.75) is 13.0 Å². The van der Waals surface area contributed by atoms with E-state index < -0.39 is 10.2 Å². The maximum absolute atomic E-state index is 11.8. The maximum Gasteiger partial charge on any atom is 0.279 e. The fraction of sp³-hybridized carbons (Fsp3) is 0.250. The summed E-state index contributed by atoms with van der Waals surface area (Å²) in [5.74, 6) is 0. The minimum Gasteiger partial charge on any atom is -0.195 e. The monoisotopic (exact) mass is 304 g/mol. The minimum atomic E-state index is -3.42. The Morgan fingerprint density at radius 1 is 0.905 bits per heavy atom. The number of rotatable bonds is 5. The molecule has 0 saturated carbocycles. The molecule has 2 rings (SSSR count). The molecular weight excluding hydrogens is 284 g/mol. The highest BCUT2D eigenvalue weighted by Gasteiger charge is 2.17. The van der Waals surface area contributed by atoms with Crippen molar-refractivity contribution in [2.24, 2.45) is 0 Å². The van der Waals surface area contributed by atoms with E-state index in [0.29, 0.717) is 0 Å². The molecule has 2 aromatic carbocycles. The van der Waals surface area contributed by atoms with Gasteiger partial charge in [-0.05, 0) is 23.6 Å². The van der Waals surface area contributed by atoms with Crippen molar-refractivity contribution in [2.75, 3.05) is 14.1 Å². The number of nitrogens with one attached hydrogen (secondary N) is 1. The van der Waals surface area contributed by atoms with Gasteiger partial charge < -0.3 is 0 Å². The van der Waals surface area contributed by atoms with Gasteiger partial charge >= 0.3 is 0 Å². The highest BCUT2D eigenvalue weighted by atomic mass is 32.2. The lowest BCUT2D eigenvalue weighted by Crippen LogP contribution is -2.37. The molecule has 21 heavy (non-hydrogen) atoms. The average molecular weight is 304 g/mol. The summed E-state index contributed by atoms with van der Waals surface area (Å²) in [7, 11) is -0.410. The molecule has 0 saturated heterocycles. The second-order valence-electron chi connectivity index (χ2n) is 5.12. The van der Waals surface area contributed by atoms with Crippen LogP contribution in [0.1, 0.15) is 18.5 Å². The SMILES string of the molecule is CC(NS(=O)(=O)N(C)C)c1ccc(-c2ccccc2)cc1. The fourth-order valence-corrected chi connectivity index (χ4v) is 2.79. The van der Waals surface area contributed by atoms with Crippen LogP contribution in [0.3, 0.4) is 0 Å². The molecule has 0 aliphatic carbocycles. The lowest BCUT2D eigenvalue weighted by molar-refractivity contribution is 0.494. The van der Waals surface area contributed by atoms with E-state index in [-0.39, 0.29) is 6.04 Å². The molecule has 0 heterocycles. The normalized spacial score (nSPS) is 13.3. The number of hydrogen-bond acceptors (Lipinski definition) is 2. The van der Waals surface area contributed by atoms with Crippen LogP contribution in [-0.4, -0.2) is 26.8 Å². The predicted octanol–water partition coefficient (Wildman–Crippen LogP) is 2.81. The number of nitrogens with zero attached hydrogens (tertiary/aromatic N) is 1. The first-order valence-corrected chi connectivity index (χ1v) is 8.19. The van der Waals surface area contributed by atoms with Gasteiger partial charge in [0, 0.05) is 20.1 Å². The summed E-state index contributed by atoms with van der Waals surface area (Å²) in [6.45, 7) is 1.83. The Balaban J connectivity index is 2.16. The zero-order valence-electron chi connectivity index (χ0n) is 12.4. The van der Waals surface area contributed by atoms with Crippen molar-refractivity contribution < 1.29 is 8.42 Å². The maximum atomic E-state index is 11.8. The van der Waals surface area contributed by atoms with Crippen LogP contribution in [0.4, 0.5) is 0 Å². The summed E-state index contributed by atoms with van der Waals surface area (Å²) < 4.78 is 27.4. The third-order valence-corrected chi connectivity index (χ3v) is 4.94. The van der Waals surface area contributed by atoms with Gasteiger partial charge in [-0.15, -0.1) is 0 Å². The van der Waals surface area contributed by atoms with E-state index in [2.05, 4.69) is 4.72 Å². The molecule has 0 amide bonds. The van der Waals surface area contributed by atoms with Crippen molar-refractivity contribution in [3.63, 3.8) is 0 Å². The van der Waals surface area contributed by atoms with Gasteiger partial charge in [0.25, 0.3) is 10.2 Å². The lowest BCUT2D eigenvalue weighted by Gasteiger charge is -2.18. The Hall–Kier alpha value is -1.69. The van der Waals surface area contributed by atoms with E-state index in [1.807, 2.05) is 61.5 Å². The molecular formula is C16H20N2O2S. The first-order valence-electron chi connectivity index (χ1n) is 6.75. The molecule has 1 atom stereocenters. The van der Waals surface area contributed by atoms with E-state index in [0.717, 1.165) is 16.7 Å². The average Bonchev–Trinajstić information content (AvgIpc) is 2.48. The highest BCUT2D eigenvalue weighted by molar-refractivity contribution is 7.87. The van der Waals surface area contributed by atoms with E-state index in [4.69, 9.17) is 0 Å². The molecule has 0 aliphatic rings. The van der Waals surface area contributed by atoms with Crippen LogP contribution in [0.2, 0.25) is 0 Å². The van der Waals surface area contributed by atoms with Crippen LogP contribution in [0, 0.1) is 0 Å². The molecule has 5 heteroatoms. The summed E-state index contributed by atoms with van der Waals surface area (Å²) in [6.07, 6.45) is 0. The molecule has 1 unspecified atom stereocenters. The van der Waals surface area contributed by atoms with Crippen LogP contribution in [0.5, 0.6) is 0 Å². The predicted molar refractivity (Wildman–Crippen MR) is 86.0 cm³/mol. The third-order valence-electron chi connectivity index (χ3n) is 3.32. The van der Waals surface area contributed by atoms with Crippen LogP contribution < -0.4 is 4.72 Å². The molecule has 4 nitrogen and oxygen atoms in total. The molecule has 0 radical (unpaired) electrons. The molecule has 0 aliphatic heterocycles. The Morgan fingerprint density at radius 3 is 1.95 bits per heavy atom. The van der Waals surface area contributed by atoms with E-state index >= 15 is 0 Å². The standard InChI is InChI=1S/C16H20N2O2S/c1-13(17-21(19,20)18(2)3)14-9-11-16(12-10-14)15-7-5-4-6-8-15/h4-13,17H,1-3H3. The largest absolute Gasteiger partial charge is 0.279 e. The van der Waals surface area contributed by atoms with Crippen molar-refractivity contribution in [3.8, 4) is 11.1 Å². The van der Waals surface area contributed by atoms with Crippen molar-refractivity contribution in [1.82, 2.24) is 9.03 Å². The Labute approximate surface area is 126 Å². The summed E-state index contributed by atoms with van der Waals surface area (Å²) in [4.78, 5) is 0. The van der Waals surface area contributed by atoms with Gasteiger partial charge in [0.2, 0.25) is 0 Å². The van der Waals surface area contributed by atoms with Gasteiger partial charge in [-0.1, -0.05) is 54.6 Å². The number of benzene rings is 2. The van der Waals surface area contributed by atoms with Crippen molar-refractivity contribution in [3.05, 3.63) is 60.2 Å². The van der Waals surface area contributed by atoms with Gasteiger partial charge in [-0.2, -0.15) is 17.4 Å². The topological polar surface area (TPSA) is 49.4 Å². The Morgan fingerprint density at radius 2 is 1.43 bits per heavy atom. The first-order chi connectivity index (χ1) is 9.90. The van der Waals surface area contributed by atoms with E-state index in [9.17, 15) is 8.42 Å². The second-order valence-corrected chi connectivity index (χ2v) is 7.03. The van der Waals surface area contributed by atoms with Crippen LogP contribution in [0.25, 0.3) is 11.1 Å². The second kappa shape index (κ2) is 6.39. The highest BCUT2D eigenvalue weighted by Crippen LogP contribution is 2.22. The zero-order chi connectivity index (χ0) is 15.5. The molecule has 1 N–H and O–H groups in total. The van der Waals surface area contributed by atoms with Gasteiger partial charge in [0.1, 0.15) is 0 Å². The molecule has 0 fully saturated rings. The Bertz CT molecular complexity index is 680. The van der Waals surface area contributed by atoms with E-state index in [1.165, 1.54) is 18.4 Å². The molecule has 0 aromatic heterocycles.